The van der Waals surface area contributed by atoms with Gasteiger partial charge in [-0.1, -0.05) is 18.2 Å². The van der Waals surface area contributed by atoms with Gasteiger partial charge in [-0.2, -0.15) is 0 Å². The van der Waals surface area contributed by atoms with Gasteiger partial charge in [0.15, 0.2) is 0 Å². The first-order valence-corrected chi connectivity index (χ1v) is 9.02. The highest BCUT2D eigenvalue weighted by molar-refractivity contribution is 5.92. The Balaban J connectivity index is 1.69. The van der Waals surface area contributed by atoms with Crippen molar-refractivity contribution in [3.63, 3.8) is 0 Å². The van der Waals surface area contributed by atoms with Crippen LogP contribution in [-0.2, 0) is 4.74 Å². The van der Waals surface area contributed by atoms with Crippen molar-refractivity contribution < 1.29 is 19.1 Å². The third-order valence-corrected chi connectivity index (χ3v) is 3.92. The zero-order chi connectivity index (χ0) is 19.6. The summed E-state index contributed by atoms with van der Waals surface area (Å²) < 4.78 is 10.7. The van der Waals surface area contributed by atoms with Gasteiger partial charge in [0, 0.05) is 12.2 Å². The number of para-hydroxylation sites is 1. The summed E-state index contributed by atoms with van der Waals surface area (Å²) in [6.45, 7) is 7.14. The molecule has 0 heterocycles. The van der Waals surface area contributed by atoms with Gasteiger partial charge in [0.25, 0.3) is 0 Å². The highest BCUT2D eigenvalue weighted by Crippen LogP contribution is 2.22. The van der Waals surface area contributed by atoms with E-state index in [-0.39, 0.29) is 12.0 Å². The van der Waals surface area contributed by atoms with E-state index in [9.17, 15) is 9.59 Å². The lowest BCUT2D eigenvalue weighted by Gasteiger charge is -2.12. The van der Waals surface area contributed by atoms with Crippen molar-refractivity contribution in [1.82, 2.24) is 5.32 Å². The van der Waals surface area contributed by atoms with Crippen LogP contribution in [0, 0.1) is 13.8 Å². The molecule has 0 saturated heterocycles. The van der Waals surface area contributed by atoms with Crippen molar-refractivity contribution in [2.75, 3.05) is 25.1 Å². The molecule has 6 heteroatoms. The first-order valence-electron chi connectivity index (χ1n) is 9.02. The summed E-state index contributed by atoms with van der Waals surface area (Å²) in [5, 5.41) is 5.51. The predicted octanol–water partition coefficient (Wildman–Crippen LogP) is 4.07. The molecule has 0 fully saturated rings. The van der Waals surface area contributed by atoms with Crippen molar-refractivity contribution >= 4 is 17.7 Å². The van der Waals surface area contributed by atoms with Gasteiger partial charge in [-0.25, -0.2) is 9.59 Å². The monoisotopic (exact) mass is 370 g/mol. The van der Waals surface area contributed by atoms with Crippen LogP contribution in [0.2, 0.25) is 0 Å². The molecule has 0 saturated carbocycles. The van der Waals surface area contributed by atoms with Gasteiger partial charge in [-0.05, 0) is 62.6 Å². The first kappa shape index (κ1) is 20.3. The zero-order valence-electron chi connectivity index (χ0n) is 16.0. The lowest BCUT2D eigenvalue weighted by atomic mass is 10.1. The molecule has 6 nitrogen and oxygen atoms in total. The van der Waals surface area contributed by atoms with Crippen LogP contribution in [0.1, 0.15) is 34.8 Å². The van der Waals surface area contributed by atoms with E-state index in [0.717, 1.165) is 16.9 Å². The Labute approximate surface area is 159 Å². The maximum absolute atomic E-state index is 11.9. The normalized spacial score (nSPS) is 10.2. The van der Waals surface area contributed by atoms with E-state index in [0.29, 0.717) is 37.4 Å². The number of hydrogen-bond acceptors (Lipinski definition) is 4. The van der Waals surface area contributed by atoms with Crippen LogP contribution in [0.4, 0.5) is 10.5 Å². The average molecular weight is 370 g/mol. The van der Waals surface area contributed by atoms with E-state index in [1.807, 2.05) is 32.0 Å². The van der Waals surface area contributed by atoms with Crippen LogP contribution in [0.15, 0.2) is 42.5 Å². The topological polar surface area (TPSA) is 76.7 Å². The first-order chi connectivity index (χ1) is 13.0. The largest absolute Gasteiger partial charge is 0.493 e. The summed E-state index contributed by atoms with van der Waals surface area (Å²) in [4.78, 5) is 23.5. The van der Waals surface area contributed by atoms with Crippen LogP contribution in [0.5, 0.6) is 5.75 Å². The molecule has 0 aliphatic rings. The van der Waals surface area contributed by atoms with Gasteiger partial charge < -0.3 is 20.1 Å². The van der Waals surface area contributed by atoms with E-state index in [1.165, 1.54) is 0 Å². The number of carbonyl (C=O) groups is 2. The molecule has 0 aliphatic heterocycles. The highest BCUT2D eigenvalue weighted by atomic mass is 16.5. The molecule has 2 rings (SSSR count). The number of amides is 2. The molecule has 2 aromatic carbocycles. The zero-order valence-corrected chi connectivity index (χ0v) is 16.0. The molecule has 2 N–H and O–H groups in total. The van der Waals surface area contributed by atoms with Gasteiger partial charge in [0.05, 0.1) is 18.8 Å². The van der Waals surface area contributed by atoms with Gasteiger partial charge in [-0.3, -0.25) is 0 Å². The number of benzene rings is 2. The smallest absolute Gasteiger partial charge is 0.338 e. The van der Waals surface area contributed by atoms with Gasteiger partial charge in [0.1, 0.15) is 5.75 Å². The Morgan fingerprint density at radius 1 is 1.00 bits per heavy atom. The molecule has 0 aromatic heterocycles. The molecule has 144 valence electrons. The number of aryl methyl sites for hydroxylation is 2. The second-order valence-electron chi connectivity index (χ2n) is 6.10. The molecule has 2 aromatic rings. The highest BCUT2D eigenvalue weighted by Gasteiger charge is 2.07. The lowest BCUT2D eigenvalue weighted by molar-refractivity contribution is 0.0526. The van der Waals surface area contributed by atoms with Crippen LogP contribution in [-0.4, -0.2) is 31.8 Å². The fourth-order valence-corrected chi connectivity index (χ4v) is 2.55. The number of rotatable bonds is 8. The van der Waals surface area contributed by atoms with Crippen molar-refractivity contribution in [3.05, 3.63) is 59.2 Å². The minimum absolute atomic E-state index is 0.300. The van der Waals surface area contributed by atoms with E-state index in [2.05, 4.69) is 10.6 Å². The van der Waals surface area contributed by atoms with Crippen molar-refractivity contribution in [3.8, 4) is 5.75 Å². The number of nitrogens with one attached hydrogen (secondary N) is 2. The number of hydrogen-bond donors (Lipinski definition) is 2. The SMILES string of the molecule is CCOC(=O)c1ccc(NC(=O)NCCCOc2c(C)cccc2C)cc1. The molecule has 0 spiro atoms. The standard InChI is InChI=1S/C21H26N2O4/c1-4-26-20(24)17-9-11-18(12-10-17)23-21(25)22-13-6-14-27-19-15(2)7-5-8-16(19)3/h5,7-12H,4,6,13-14H2,1-3H3,(H2,22,23,25). The second-order valence-corrected chi connectivity index (χ2v) is 6.10. The lowest BCUT2D eigenvalue weighted by Crippen LogP contribution is -2.30. The van der Waals surface area contributed by atoms with Crippen LogP contribution in [0.25, 0.3) is 0 Å². The van der Waals surface area contributed by atoms with Crippen molar-refractivity contribution in [1.29, 1.82) is 0 Å². The third kappa shape index (κ3) is 6.33. The molecule has 27 heavy (non-hydrogen) atoms. The molecular weight excluding hydrogens is 344 g/mol. The number of urea groups is 1. The summed E-state index contributed by atoms with van der Waals surface area (Å²) in [5.74, 6) is 0.529. The Kier molecular flexibility index (Phi) is 7.67. The minimum Gasteiger partial charge on any atom is -0.493 e. The Morgan fingerprint density at radius 3 is 2.30 bits per heavy atom. The maximum atomic E-state index is 11.9. The van der Waals surface area contributed by atoms with Crippen LogP contribution >= 0.6 is 0 Å². The second kappa shape index (κ2) is 10.2. The molecular formula is C21H26N2O4. The fraction of sp³-hybridized carbons (Fsp3) is 0.333. The van der Waals surface area contributed by atoms with Gasteiger partial charge in [0.2, 0.25) is 0 Å². The third-order valence-electron chi connectivity index (χ3n) is 3.92. The molecule has 0 bridgehead atoms. The Morgan fingerprint density at radius 2 is 1.67 bits per heavy atom. The van der Waals surface area contributed by atoms with Crippen molar-refractivity contribution in [2.24, 2.45) is 0 Å². The van der Waals surface area contributed by atoms with Crippen LogP contribution in [0.3, 0.4) is 0 Å². The average Bonchev–Trinajstić information content (AvgIpc) is 2.64. The molecule has 2 amide bonds. The number of ether oxygens (including phenoxy) is 2. The summed E-state index contributed by atoms with van der Waals surface area (Å²) in [7, 11) is 0. The summed E-state index contributed by atoms with van der Waals surface area (Å²) in [6, 6.07) is 12.3. The molecule has 0 radical (unpaired) electrons. The minimum atomic E-state index is -0.377. The van der Waals surface area contributed by atoms with Crippen LogP contribution < -0.4 is 15.4 Å². The van der Waals surface area contributed by atoms with E-state index < -0.39 is 0 Å². The molecule has 0 atom stereocenters. The number of esters is 1. The predicted molar refractivity (Wildman–Crippen MR) is 105 cm³/mol. The summed E-state index contributed by atoms with van der Waals surface area (Å²) in [5.41, 5.74) is 3.26. The Hall–Kier alpha value is -3.02. The molecule has 0 unspecified atom stereocenters. The van der Waals surface area contributed by atoms with E-state index >= 15 is 0 Å². The number of carbonyl (C=O) groups excluding carboxylic acids is 2. The van der Waals surface area contributed by atoms with Gasteiger partial charge >= 0.3 is 12.0 Å². The van der Waals surface area contributed by atoms with Gasteiger partial charge in [-0.15, -0.1) is 0 Å². The fourth-order valence-electron chi connectivity index (χ4n) is 2.55. The van der Waals surface area contributed by atoms with E-state index in [1.54, 1.807) is 31.2 Å². The number of anilines is 1. The maximum Gasteiger partial charge on any atom is 0.338 e. The summed E-state index contributed by atoms with van der Waals surface area (Å²) in [6.07, 6.45) is 0.697. The Bertz CT molecular complexity index is 752. The van der Waals surface area contributed by atoms with Crippen molar-refractivity contribution in [2.45, 2.75) is 27.2 Å². The van der Waals surface area contributed by atoms with E-state index in [4.69, 9.17) is 9.47 Å². The molecule has 0 aliphatic carbocycles. The summed E-state index contributed by atoms with van der Waals surface area (Å²) >= 11 is 0. The quantitative estimate of drug-likeness (QED) is 0.542.